The number of hydrogen-bond acceptors (Lipinski definition) is 4. The summed E-state index contributed by atoms with van der Waals surface area (Å²) in [6.45, 7) is 6.28. The van der Waals surface area contributed by atoms with Gasteiger partial charge in [0.15, 0.2) is 0 Å². The summed E-state index contributed by atoms with van der Waals surface area (Å²) in [5.74, 6) is 0. The van der Waals surface area contributed by atoms with Gasteiger partial charge in [-0.1, -0.05) is 129 Å². The lowest BCUT2D eigenvalue weighted by Crippen LogP contribution is -1.97. The minimum absolute atomic E-state index is 0. The lowest BCUT2D eigenvalue weighted by molar-refractivity contribution is 0.381. The van der Waals surface area contributed by atoms with Gasteiger partial charge in [-0.25, -0.2) is 0 Å². The van der Waals surface area contributed by atoms with Crippen LogP contribution in [0.4, 0.5) is 0 Å². The maximum absolute atomic E-state index is 8.74. The second-order valence-corrected chi connectivity index (χ2v) is 9.28. The molecule has 0 unspecified atom stereocenters. The molecule has 7 nitrogen and oxygen atoms in total. The third-order valence-corrected chi connectivity index (χ3v) is 5.12. The van der Waals surface area contributed by atoms with Crippen LogP contribution in [0.3, 0.4) is 0 Å². The van der Waals surface area contributed by atoms with Crippen molar-refractivity contribution >= 4 is 10.4 Å². The topological polar surface area (TPSA) is 158 Å². The summed E-state index contributed by atoms with van der Waals surface area (Å²) >= 11 is 0. The van der Waals surface area contributed by atoms with Gasteiger partial charge in [0.05, 0.1) is 0 Å². The Labute approximate surface area is 200 Å². The number of unbranched alkanes of at least 4 members (excludes halogenated alkanes) is 18. The zero-order valence-corrected chi connectivity index (χ0v) is 22.1. The molecule has 0 rings (SSSR count). The summed E-state index contributed by atoms with van der Waals surface area (Å²) in [5.41, 5.74) is 10.8. The van der Waals surface area contributed by atoms with E-state index in [0.717, 1.165) is 13.1 Å². The molecule has 8 N–H and O–H groups in total. The van der Waals surface area contributed by atoms with Crippen molar-refractivity contribution in [3.8, 4) is 0 Å². The first kappa shape index (κ1) is 39.0. The molecule has 0 aromatic heterocycles. The Morgan fingerprint density at radius 1 is 0.469 bits per heavy atom. The van der Waals surface area contributed by atoms with E-state index >= 15 is 0 Å². The molecule has 0 aromatic rings. The largest absolute Gasteiger partial charge is 0.412 e. The van der Waals surface area contributed by atoms with Crippen LogP contribution in [-0.2, 0) is 10.4 Å². The van der Waals surface area contributed by atoms with E-state index in [2.05, 4.69) is 13.8 Å². The van der Waals surface area contributed by atoms with Crippen LogP contribution in [-0.4, -0.2) is 36.1 Å². The molecule has 0 aliphatic carbocycles. The first-order valence-corrected chi connectivity index (χ1v) is 14.3. The molecule has 0 aromatic carbocycles. The van der Waals surface area contributed by atoms with Crippen molar-refractivity contribution in [2.24, 2.45) is 11.5 Å². The molecule has 0 bridgehead atoms. The summed E-state index contributed by atoms with van der Waals surface area (Å²) in [4.78, 5) is 0. The standard InChI is InChI=1S/2C12H27N.H2O4S.H2O/c2*1-2-3-4-5-6-7-8-9-10-11-12-13;1-5(2,3)4;/h2*2-13H2,1H3;(H2,1,2,3,4);1H2. The molecule has 0 atom stereocenters. The molecule has 0 fully saturated rings. The second-order valence-electron chi connectivity index (χ2n) is 8.39. The summed E-state index contributed by atoms with van der Waals surface area (Å²) in [6.07, 6.45) is 27.9. The maximum Gasteiger partial charge on any atom is 0.394 e. The Balaban J connectivity index is -0.000000198. The van der Waals surface area contributed by atoms with E-state index < -0.39 is 10.4 Å². The lowest BCUT2D eigenvalue weighted by Gasteiger charge is -2.00. The molecule has 200 valence electrons. The molecule has 0 aliphatic rings. The predicted octanol–water partition coefficient (Wildman–Crippen LogP) is 6.25. The van der Waals surface area contributed by atoms with Crippen LogP contribution in [0.2, 0.25) is 0 Å². The van der Waals surface area contributed by atoms with Crippen LogP contribution in [0.25, 0.3) is 0 Å². The molecule has 0 spiro atoms. The van der Waals surface area contributed by atoms with Gasteiger partial charge in [0.2, 0.25) is 0 Å². The van der Waals surface area contributed by atoms with E-state index in [-0.39, 0.29) is 5.48 Å². The predicted molar refractivity (Wildman–Crippen MR) is 140 cm³/mol. The van der Waals surface area contributed by atoms with Crippen LogP contribution < -0.4 is 11.5 Å². The summed E-state index contributed by atoms with van der Waals surface area (Å²) in [6, 6.07) is 0. The number of rotatable bonds is 20. The van der Waals surface area contributed by atoms with E-state index in [4.69, 9.17) is 29.0 Å². The van der Waals surface area contributed by atoms with E-state index in [1.807, 2.05) is 0 Å². The van der Waals surface area contributed by atoms with Crippen molar-refractivity contribution in [2.75, 3.05) is 13.1 Å². The fourth-order valence-corrected chi connectivity index (χ4v) is 3.26. The highest BCUT2D eigenvalue weighted by Crippen LogP contribution is 2.10. The van der Waals surface area contributed by atoms with Crippen molar-refractivity contribution in [2.45, 2.75) is 142 Å². The minimum atomic E-state index is -4.67. The highest BCUT2D eigenvalue weighted by molar-refractivity contribution is 7.79. The third-order valence-electron chi connectivity index (χ3n) is 5.12. The van der Waals surface area contributed by atoms with Gasteiger partial charge in [0.1, 0.15) is 0 Å². The molecule has 0 radical (unpaired) electrons. The molecule has 0 heterocycles. The Hall–Kier alpha value is -0.250. The average molecular weight is 487 g/mol. The smallest absolute Gasteiger partial charge is 0.394 e. The first-order valence-electron chi connectivity index (χ1n) is 12.9. The summed E-state index contributed by atoms with van der Waals surface area (Å²) in [5, 5.41) is 0. The van der Waals surface area contributed by atoms with Crippen molar-refractivity contribution in [1.29, 1.82) is 0 Å². The van der Waals surface area contributed by atoms with Gasteiger partial charge in [0.25, 0.3) is 0 Å². The zero-order chi connectivity index (χ0) is 24.1. The number of nitrogens with two attached hydrogens (primary N) is 2. The van der Waals surface area contributed by atoms with Gasteiger partial charge in [0, 0.05) is 0 Å². The van der Waals surface area contributed by atoms with E-state index in [1.165, 1.54) is 128 Å². The average Bonchev–Trinajstić information content (AvgIpc) is 2.71. The van der Waals surface area contributed by atoms with Crippen LogP contribution in [0.15, 0.2) is 0 Å². The van der Waals surface area contributed by atoms with E-state index in [0.29, 0.717) is 0 Å². The number of hydrogen-bond donors (Lipinski definition) is 4. The van der Waals surface area contributed by atoms with Crippen molar-refractivity contribution in [3.05, 3.63) is 0 Å². The van der Waals surface area contributed by atoms with Gasteiger partial charge >= 0.3 is 10.4 Å². The van der Waals surface area contributed by atoms with Crippen molar-refractivity contribution in [1.82, 2.24) is 0 Å². The first-order chi connectivity index (χ1) is 14.8. The van der Waals surface area contributed by atoms with Crippen molar-refractivity contribution < 1.29 is 23.0 Å². The minimum Gasteiger partial charge on any atom is -0.412 e. The monoisotopic (exact) mass is 486 g/mol. The highest BCUT2D eigenvalue weighted by Gasteiger charge is 1.92. The maximum atomic E-state index is 8.74. The quantitative estimate of drug-likeness (QED) is 0.117. The van der Waals surface area contributed by atoms with Gasteiger partial charge < -0.3 is 16.9 Å². The molecule has 8 heteroatoms. The van der Waals surface area contributed by atoms with E-state index in [9.17, 15) is 0 Å². The van der Waals surface area contributed by atoms with Crippen LogP contribution in [0.5, 0.6) is 0 Å². The van der Waals surface area contributed by atoms with Crippen LogP contribution in [0, 0.1) is 0 Å². The van der Waals surface area contributed by atoms with Crippen LogP contribution >= 0.6 is 0 Å². The van der Waals surface area contributed by atoms with Gasteiger partial charge in [-0.2, -0.15) is 8.42 Å². The molecule has 0 saturated carbocycles. The second kappa shape index (κ2) is 35.3. The summed E-state index contributed by atoms with van der Waals surface area (Å²) in [7, 11) is -4.67. The van der Waals surface area contributed by atoms with Crippen molar-refractivity contribution in [3.63, 3.8) is 0 Å². The molecule has 0 saturated heterocycles. The van der Waals surface area contributed by atoms with Crippen LogP contribution in [0.1, 0.15) is 142 Å². The molecular formula is C24H58N2O5S. The van der Waals surface area contributed by atoms with Gasteiger partial charge in [-0.15, -0.1) is 0 Å². The Kier molecular flexibility index (Phi) is 43.1. The summed E-state index contributed by atoms with van der Waals surface area (Å²) < 4.78 is 31.6. The Bertz CT molecular complexity index is 346. The van der Waals surface area contributed by atoms with E-state index in [1.54, 1.807) is 0 Å². The zero-order valence-electron chi connectivity index (χ0n) is 21.3. The normalized spacial score (nSPS) is 10.4. The SMILES string of the molecule is CCCCCCCCCCCCN.CCCCCCCCCCCCN.O.O=S(=O)(O)O. The molecular weight excluding hydrogens is 428 g/mol. The molecule has 32 heavy (non-hydrogen) atoms. The third kappa shape index (κ3) is 63.0. The fraction of sp³-hybridized carbons (Fsp3) is 1.00. The Morgan fingerprint density at radius 2 is 0.625 bits per heavy atom. The molecule has 0 aliphatic heterocycles. The van der Waals surface area contributed by atoms with Gasteiger partial charge in [-0.3, -0.25) is 9.11 Å². The lowest BCUT2D eigenvalue weighted by atomic mass is 10.1. The van der Waals surface area contributed by atoms with Gasteiger partial charge in [-0.05, 0) is 25.9 Å². The molecule has 0 amide bonds. The fourth-order valence-electron chi connectivity index (χ4n) is 3.26. The Morgan fingerprint density at radius 3 is 0.781 bits per heavy atom. The highest BCUT2D eigenvalue weighted by atomic mass is 32.3.